The van der Waals surface area contributed by atoms with E-state index in [0.29, 0.717) is 5.92 Å². The van der Waals surface area contributed by atoms with Crippen LogP contribution in [0.1, 0.15) is 13.3 Å². The van der Waals surface area contributed by atoms with Gasteiger partial charge in [-0.25, -0.2) is 0 Å². The molecule has 0 aromatic rings. The Labute approximate surface area is 70.6 Å². The van der Waals surface area contributed by atoms with E-state index in [0.717, 1.165) is 11.7 Å². The fraction of sp³-hybridized carbons (Fsp3) is 0.778. The molecular formula is C9H18OSi. The highest BCUT2D eigenvalue weighted by atomic mass is 28.4. The first-order chi connectivity index (χ1) is 4.90. The van der Waals surface area contributed by atoms with E-state index in [1.807, 2.05) is 0 Å². The highest BCUT2D eigenvalue weighted by Gasteiger charge is 2.37. The lowest BCUT2D eigenvalue weighted by Crippen LogP contribution is -2.25. The summed E-state index contributed by atoms with van der Waals surface area (Å²) in [6.07, 6.45) is 1.28. The van der Waals surface area contributed by atoms with E-state index in [9.17, 15) is 0 Å². The van der Waals surface area contributed by atoms with Crippen LogP contribution in [0, 0.1) is 11.8 Å². The molecule has 0 N–H and O–H groups in total. The van der Waals surface area contributed by atoms with E-state index in [1.54, 1.807) is 0 Å². The monoisotopic (exact) mass is 170 g/mol. The maximum Gasteiger partial charge on any atom is 0.241 e. The first kappa shape index (κ1) is 8.85. The van der Waals surface area contributed by atoms with Crippen molar-refractivity contribution in [3.05, 3.63) is 12.3 Å². The molecule has 0 saturated heterocycles. The Morgan fingerprint density at radius 3 is 2.18 bits per heavy atom. The Hall–Kier alpha value is -0.243. The Morgan fingerprint density at radius 2 is 1.91 bits per heavy atom. The first-order valence-corrected chi connectivity index (χ1v) is 7.69. The smallest absolute Gasteiger partial charge is 0.241 e. The zero-order valence-electron chi connectivity index (χ0n) is 7.98. The van der Waals surface area contributed by atoms with Crippen LogP contribution in [0.4, 0.5) is 0 Å². The van der Waals surface area contributed by atoms with Crippen molar-refractivity contribution in [2.75, 3.05) is 0 Å². The molecule has 1 saturated carbocycles. The summed E-state index contributed by atoms with van der Waals surface area (Å²) in [5, 5.41) is 0. The van der Waals surface area contributed by atoms with Crippen molar-refractivity contribution >= 4 is 8.32 Å². The molecule has 0 radical (unpaired) electrons. The molecule has 0 spiro atoms. The Bertz CT molecular complexity index is 169. The van der Waals surface area contributed by atoms with Crippen LogP contribution in [0.2, 0.25) is 19.6 Å². The average Bonchev–Trinajstić information content (AvgIpc) is 2.41. The first-order valence-electron chi connectivity index (χ1n) is 4.28. The number of hydrogen-bond donors (Lipinski definition) is 0. The molecule has 1 rings (SSSR count). The number of rotatable bonds is 3. The minimum absolute atomic E-state index is 0.668. The van der Waals surface area contributed by atoms with Crippen molar-refractivity contribution < 1.29 is 4.43 Å². The Balaban J connectivity index is 2.33. The molecule has 0 aliphatic heterocycles. The number of hydrogen-bond acceptors (Lipinski definition) is 1. The van der Waals surface area contributed by atoms with Gasteiger partial charge in [-0.3, -0.25) is 0 Å². The summed E-state index contributed by atoms with van der Waals surface area (Å²) in [7, 11) is -1.37. The fourth-order valence-corrected chi connectivity index (χ4v) is 2.18. The molecule has 1 aliphatic carbocycles. The van der Waals surface area contributed by atoms with Crippen LogP contribution in [0.5, 0.6) is 0 Å². The summed E-state index contributed by atoms with van der Waals surface area (Å²) < 4.78 is 5.78. The average molecular weight is 170 g/mol. The van der Waals surface area contributed by atoms with E-state index < -0.39 is 8.32 Å². The van der Waals surface area contributed by atoms with E-state index >= 15 is 0 Å². The van der Waals surface area contributed by atoms with Crippen LogP contribution in [0.3, 0.4) is 0 Å². The second-order valence-electron chi connectivity index (χ2n) is 4.50. The molecule has 1 aliphatic rings. The summed E-state index contributed by atoms with van der Waals surface area (Å²) in [6.45, 7) is 12.8. The molecule has 2 atom stereocenters. The third kappa shape index (κ3) is 2.70. The van der Waals surface area contributed by atoms with E-state index in [2.05, 4.69) is 33.1 Å². The maximum absolute atomic E-state index is 5.78. The zero-order chi connectivity index (χ0) is 8.65. The van der Waals surface area contributed by atoms with Gasteiger partial charge in [0.05, 0.1) is 5.76 Å². The lowest BCUT2D eigenvalue weighted by molar-refractivity contribution is 0.388. The lowest BCUT2D eigenvalue weighted by atomic mass is 10.3. The molecular weight excluding hydrogens is 152 g/mol. The van der Waals surface area contributed by atoms with Crippen LogP contribution in [0.15, 0.2) is 12.3 Å². The van der Waals surface area contributed by atoms with Gasteiger partial charge in [-0.1, -0.05) is 13.5 Å². The van der Waals surface area contributed by atoms with Crippen LogP contribution in [-0.4, -0.2) is 8.32 Å². The predicted octanol–water partition coefficient (Wildman–Crippen LogP) is 3.01. The second-order valence-corrected chi connectivity index (χ2v) is 8.93. The fourth-order valence-electron chi connectivity index (χ4n) is 1.24. The largest absolute Gasteiger partial charge is 0.548 e. The Kier molecular flexibility index (Phi) is 2.14. The van der Waals surface area contributed by atoms with Crippen LogP contribution >= 0.6 is 0 Å². The highest BCUT2D eigenvalue weighted by Crippen LogP contribution is 2.43. The minimum atomic E-state index is -1.37. The van der Waals surface area contributed by atoms with Crippen LogP contribution < -0.4 is 0 Å². The number of allylic oxidation sites excluding steroid dienone is 1. The molecule has 11 heavy (non-hydrogen) atoms. The molecule has 1 nitrogen and oxygen atoms in total. The normalized spacial score (nSPS) is 29.8. The van der Waals surface area contributed by atoms with Crippen molar-refractivity contribution in [2.24, 2.45) is 11.8 Å². The quantitative estimate of drug-likeness (QED) is 0.467. The van der Waals surface area contributed by atoms with Gasteiger partial charge in [0.15, 0.2) is 0 Å². The van der Waals surface area contributed by atoms with Gasteiger partial charge in [0.2, 0.25) is 8.32 Å². The standard InChI is InChI=1S/C9H18OSi/c1-7-6-9(7)8(2)10-11(3,4)5/h7,9H,2,6H2,1,3-5H3. The molecule has 2 unspecified atom stereocenters. The molecule has 1 fully saturated rings. The minimum Gasteiger partial charge on any atom is -0.548 e. The molecule has 0 heterocycles. The van der Waals surface area contributed by atoms with Crippen molar-refractivity contribution in [1.29, 1.82) is 0 Å². The van der Waals surface area contributed by atoms with Crippen LogP contribution in [0.25, 0.3) is 0 Å². The third-order valence-corrected chi connectivity index (χ3v) is 2.83. The van der Waals surface area contributed by atoms with Gasteiger partial charge in [0, 0.05) is 5.92 Å². The van der Waals surface area contributed by atoms with Gasteiger partial charge >= 0.3 is 0 Å². The highest BCUT2D eigenvalue weighted by molar-refractivity contribution is 6.70. The van der Waals surface area contributed by atoms with Gasteiger partial charge in [-0.2, -0.15) is 0 Å². The summed E-state index contributed by atoms with van der Waals surface area (Å²) in [5.41, 5.74) is 0. The van der Waals surface area contributed by atoms with Crippen molar-refractivity contribution in [1.82, 2.24) is 0 Å². The molecule has 0 aromatic heterocycles. The molecule has 64 valence electrons. The Morgan fingerprint density at radius 1 is 1.45 bits per heavy atom. The third-order valence-electron chi connectivity index (χ3n) is 1.96. The van der Waals surface area contributed by atoms with Gasteiger partial charge in [-0.15, -0.1) is 0 Å². The maximum atomic E-state index is 5.78. The summed E-state index contributed by atoms with van der Waals surface area (Å²) in [4.78, 5) is 0. The van der Waals surface area contributed by atoms with Crippen LogP contribution in [-0.2, 0) is 4.43 Å². The SMILES string of the molecule is C=C(O[Si](C)(C)C)C1CC1C. The zero-order valence-corrected chi connectivity index (χ0v) is 8.98. The van der Waals surface area contributed by atoms with Crippen molar-refractivity contribution in [2.45, 2.75) is 33.0 Å². The molecule has 0 aromatic carbocycles. The van der Waals surface area contributed by atoms with Crippen molar-refractivity contribution in [3.8, 4) is 0 Å². The summed E-state index contributed by atoms with van der Waals surface area (Å²) in [6, 6.07) is 0. The topological polar surface area (TPSA) is 9.23 Å². The van der Waals surface area contributed by atoms with E-state index in [1.165, 1.54) is 6.42 Å². The summed E-state index contributed by atoms with van der Waals surface area (Å²) >= 11 is 0. The second kappa shape index (κ2) is 2.66. The lowest BCUT2D eigenvalue weighted by Gasteiger charge is -2.20. The van der Waals surface area contributed by atoms with Gasteiger partial charge in [0.25, 0.3) is 0 Å². The van der Waals surface area contributed by atoms with Gasteiger partial charge in [0.1, 0.15) is 0 Å². The predicted molar refractivity (Wildman–Crippen MR) is 50.8 cm³/mol. The van der Waals surface area contributed by atoms with E-state index in [-0.39, 0.29) is 0 Å². The van der Waals surface area contributed by atoms with E-state index in [4.69, 9.17) is 4.43 Å². The summed E-state index contributed by atoms with van der Waals surface area (Å²) in [5.74, 6) is 2.53. The van der Waals surface area contributed by atoms with Gasteiger partial charge in [-0.05, 0) is 32.0 Å². The molecule has 0 amide bonds. The molecule has 0 bridgehead atoms. The van der Waals surface area contributed by atoms with Crippen molar-refractivity contribution in [3.63, 3.8) is 0 Å². The molecule has 2 heteroatoms. The van der Waals surface area contributed by atoms with Gasteiger partial charge < -0.3 is 4.43 Å².